The van der Waals surface area contributed by atoms with Crippen LogP contribution in [0.15, 0.2) is 60.7 Å². The van der Waals surface area contributed by atoms with E-state index in [1.807, 2.05) is 36.4 Å². The lowest BCUT2D eigenvalue weighted by atomic mass is 10.0. The Hall–Kier alpha value is -1.54. The summed E-state index contributed by atoms with van der Waals surface area (Å²) in [6.07, 6.45) is -5.44. The van der Waals surface area contributed by atoms with E-state index >= 15 is 0 Å². The van der Waals surface area contributed by atoms with Crippen molar-refractivity contribution < 1.29 is 24.5 Å². The summed E-state index contributed by atoms with van der Waals surface area (Å²) >= 11 is 0. The smallest absolute Gasteiger partial charge is 0.261 e. The minimum atomic E-state index is -2.90. The van der Waals surface area contributed by atoms with Crippen molar-refractivity contribution in [1.29, 1.82) is 0 Å². The van der Waals surface area contributed by atoms with Crippen molar-refractivity contribution in [3.8, 4) is 0 Å². The maximum Gasteiger partial charge on any atom is 0.261 e. The fourth-order valence-corrected chi connectivity index (χ4v) is 8.83. The normalized spacial score (nSPS) is 28.9. The van der Waals surface area contributed by atoms with E-state index in [-0.39, 0.29) is 5.04 Å². The predicted octanol–water partition coefficient (Wildman–Crippen LogP) is 1.39. The second-order valence-corrected chi connectivity index (χ2v) is 12.7. The molecule has 1 heterocycles. The third-order valence-electron chi connectivity index (χ3n) is 5.53. The Morgan fingerprint density at radius 1 is 0.821 bits per heavy atom. The van der Waals surface area contributed by atoms with Crippen molar-refractivity contribution in [2.45, 2.75) is 63.4 Å². The number of hydrogen-bond donors (Lipinski definition) is 3. The molecule has 2 aromatic carbocycles. The third kappa shape index (κ3) is 3.68. The molecule has 5 nitrogen and oxygen atoms in total. The van der Waals surface area contributed by atoms with Gasteiger partial charge in [0, 0.05) is 0 Å². The van der Waals surface area contributed by atoms with Gasteiger partial charge in [-0.05, 0) is 22.3 Å². The molecule has 0 amide bonds. The second-order valence-electron chi connectivity index (χ2n) is 8.46. The fraction of sp³-hybridized carbons (Fsp3) is 0.455. The van der Waals surface area contributed by atoms with Crippen LogP contribution in [0, 0.1) is 0 Å². The Morgan fingerprint density at radius 2 is 1.29 bits per heavy atom. The van der Waals surface area contributed by atoms with Gasteiger partial charge in [-0.25, -0.2) is 0 Å². The minimum Gasteiger partial charge on any atom is -0.399 e. The SMILES string of the molecule is C[C@@H]1O[C@@H](O)[C@@H](O)[C@H](O)[C@@H]1O[Si](c1ccccc1)(c1ccccc1)C(C)(C)C. The van der Waals surface area contributed by atoms with Crippen molar-refractivity contribution in [3.05, 3.63) is 60.7 Å². The summed E-state index contributed by atoms with van der Waals surface area (Å²) in [6.45, 7) is 8.18. The Morgan fingerprint density at radius 3 is 1.71 bits per heavy atom. The van der Waals surface area contributed by atoms with Gasteiger partial charge < -0.3 is 24.5 Å². The van der Waals surface area contributed by atoms with Gasteiger partial charge in [-0.3, -0.25) is 0 Å². The highest BCUT2D eigenvalue weighted by molar-refractivity contribution is 6.99. The van der Waals surface area contributed by atoms with Crippen LogP contribution in [0.3, 0.4) is 0 Å². The Balaban J connectivity index is 2.16. The molecule has 0 aromatic heterocycles. The van der Waals surface area contributed by atoms with E-state index in [9.17, 15) is 15.3 Å². The molecule has 28 heavy (non-hydrogen) atoms. The molecule has 0 bridgehead atoms. The van der Waals surface area contributed by atoms with E-state index in [0.717, 1.165) is 10.4 Å². The largest absolute Gasteiger partial charge is 0.399 e. The number of ether oxygens (including phenoxy) is 1. The monoisotopic (exact) mass is 402 g/mol. The standard InChI is InChI=1S/C22H30O5Si/c1-15-20(18(23)19(24)21(25)26-15)27-28(22(2,3)4,16-11-7-5-8-12-16)17-13-9-6-10-14-17/h5-15,18-21,23-25H,1-4H3/t15-,18-,19-,20+,21+/m0/s1. The van der Waals surface area contributed by atoms with Crippen LogP contribution in [0.2, 0.25) is 5.04 Å². The molecule has 2 aromatic rings. The summed E-state index contributed by atoms with van der Waals surface area (Å²) in [5.74, 6) is 0. The lowest BCUT2D eigenvalue weighted by Crippen LogP contribution is -2.71. The van der Waals surface area contributed by atoms with Gasteiger partial charge in [0.25, 0.3) is 8.32 Å². The first-order chi connectivity index (χ1) is 13.2. The molecule has 3 rings (SSSR count). The van der Waals surface area contributed by atoms with Crippen LogP contribution in [-0.4, -0.2) is 54.3 Å². The molecule has 152 valence electrons. The zero-order valence-electron chi connectivity index (χ0n) is 16.8. The van der Waals surface area contributed by atoms with Gasteiger partial charge in [-0.2, -0.15) is 0 Å². The van der Waals surface area contributed by atoms with Crippen LogP contribution in [0.25, 0.3) is 0 Å². The molecule has 1 saturated heterocycles. The molecule has 0 spiro atoms. The highest BCUT2D eigenvalue weighted by Crippen LogP contribution is 2.39. The summed E-state index contributed by atoms with van der Waals surface area (Å²) in [5.41, 5.74) is 0. The summed E-state index contributed by atoms with van der Waals surface area (Å²) in [5, 5.41) is 32.6. The summed E-state index contributed by atoms with van der Waals surface area (Å²) in [6, 6.07) is 20.2. The van der Waals surface area contributed by atoms with E-state index in [2.05, 4.69) is 45.0 Å². The number of aliphatic hydroxyl groups excluding tert-OH is 3. The molecule has 5 atom stereocenters. The van der Waals surface area contributed by atoms with Gasteiger partial charge in [-0.15, -0.1) is 0 Å². The highest BCUT2D eigenvalue weighted by atomic mass is 28.4. The molecule has 0 radical (unpaired) electrons. The number of benzene rings is 2. The first-order valence-electron chi connectivity index (χ1n) is 9.67. The number of hydrogen-bond acceptors (Lipinski definition) is 5. The fourth-order valence-electron chi connectivity index (χ4n) is 4.08. The quantitative estimate of drug-likeness (QED) is 0.674. The maximum atomic E-state index is 10.7. The zero-order chi connectivity index (χ0) is 20.5. The van der Waals surface area contributed by atoms with Crippen molar-refractivity contribution in [2.75, 3.05) is 0 Å². The van der Waals surface area contributed by atoms with Crippen molar-refractivity contribution in [2.24, 2.45) is 0 Å². The van der Waals surface area contributed by atoms with E-state index in [0.29, 0.717) is 0 Å². The second kappa shape index (κ2) is 8.06. The van der Waals surface area contributed by atoms with E-state index in [1.165, 1.54) is 0 Å². The van der Waals surface area contributed by atoms with Crippen LogP contribution in [0.1, 0.15) is 27.7 Å². The Labute approximate surface area is 167 Å². The lowest BCUT2D eigenvalue weighted by Gasteiger charge is -2.49. The zero-order valence-corrected chi connectivity index (χ0v) is 17.8. The van der Waals surface area contributed by atoms with Gasteiger partial charge in [0.05, 0.1) is 6.10 Å². The molecule has 1 fully saturated rings. The average Bonchev–Trinajstić information content (AvgIpc) is 2.67. The first-order valence-corrected chi connectivity index (χ1v) is 11.6. The maximum absolute atomic E-state index is 10.7. The van der Waals surface area contributed by atoms with Crippen molar-refractivity contribution in [3.63, 3.8) is 0 Å². The van der Waals surface area contributed by atoms with E-state index in [4.69, 9.17) is 9.16 Å². The molecule has 1 aliphatic rings. The minimum absolute atomic E-state index is 0.268. The van der Waals surface area contributed by atoms with Crippen LogP contribution in [-0.2, 0) is 9.16 Å². The van der Waals surface area contributed by atoms with E-state index < -0.39 is 39.0 Å². The summed E-state index contributed by atoms with van der Waals surface area (Å²) < 4.78 is 12.3. The van der Waals surface area contributed by atoms with E-state index in [1.54, 1.807) is 6.92 Å². The van der Waals surface area contributed by atoms with Gasteiger partial charge in [0.2, 0.25) is 0 Å². The summed E-state index contributed by atoms with van der Waals surface area (Å²) in [4.78, 5) is 0. The average molecular weight is 403 g/mol. The number of aliphatic hydroxyl groups is 3. The molecule has 3 N–H and O–H groups in total. The topological polar surface area (TPSA) is 79.2 Å². The first kappa shape index (κ1) is 21.2. The van der Waals surface area contributed by atoms with Crippen molar-refractivity contribution in [1.82, 2.24) is 0 Å². The van der Waals surface area contributed by atoms with Crippen LogP contribution in [0.4, 0.5) is 0 Å². The molecule has 6 heteroatoms. The Bertz CT molecular complexity index is 722. The van der Waals surface area contributed by atoms with Crippen molar-refractivity contribution >= 4 is 18.7 Å². The molecular formula is C22H30O5Si. The van der Waals surface area contributed by atoms with Gasteiger partial charge >= 0.3 is 0 Å². The highest BCUT2D eigenvalue weighted by Gasteiger charge is 2.55. The van der Waals surface area contributed by atoms with Crippen LogP contribution >= 0.6 is 0 Å². The molecule has 1 aliphatic heterocycles. The lowest BCUT2D eigenvalue weighted by molar-refractivity contribution is -0.274. The van der Waals surface area contributed by atoms with Gasteiger partial charge in [0.1, 0.15) is 18.3 Å². The molecule has 0 aliphatic carbocycles. The predicted molar refractivity (Wildman–Crippen MR) is 111 cm³/mol. The van der Waals surface area contributed by atoms with Gasteiger partial charge in [0.15, 0.2) is 6.29 Å². The van der Waals surface area contributed by atoms with Gasteiger partial charge in [-0.1, -0.05) is 81.4 Å². The number of rotatable bonds is 4. The molecule has 0 unspecified atom stereocenters. The third-order valence-corrected chi connectivity index (χ3v) is 10.6. The van der Waals surface area contributed by atoms with Crippen LogP contribution in [0.5, 0.6) is 0 Å². The van der Waals surface area contributed by atoms with Crippen LogP contribution < -0.4 is 10.4 Å². The molecule has 0 saturated carbocycles. The Kier molecular flexibility index (Phi) is 6.10. The molecular weight excluding hydrogens is 372 g/mol. The summed E-state index contributed by atoms with van der Waals surface area (Å²) in [7, 11) is -2.90.